The summed E-state index contributed by atoms with van der Waals surface area (Å²) in [5.41, 5.74) is 3.31. The third-order valence-corrected chi connectivity index (χ3v) is 1.59. The molecule has 58 valence electrons. The van der Waals surface area contributed by atoms with E-state index in [1.807, 2.05) is 32.1 Å². The highest BCUT2D eigenvalue weighted by Crippen LogP contribution is 2.21. The van der Waals surface area contributed by atoms with E-state index >= 15 is 0 Å². The average Bonchev–Trinajstić information content (AvgIpc) is 2.26. The Bertz CT molecular complexity index is 254. The minimum Gasteiger partial charge on any atom is -0.258 e. The van der Waals surface area contributed by atoms with Crippen molar-refractivity contribution in [2.24, 2.45) is 4.99 Å². The smallest absolute Gasteiger partial charge is 0.0658 e. The fraction of sp³-hybridized carbons (Fsp3) is 0.300. The van der Waals surface area contributed by atoms with Crippen molar-refractivity contribution in [2.45, 2.75) is 20.3 Å². The Morgan fingerprint density at radius 1 is 1.55 bits per heavy atom. The van der Waals surface area contributed by atoms with E-state index < -0.39 is 0 Å². The molecule has 0 atom stereocenters. The zero-order valence-corrected chi connectivity index (χ0v) is 7.09. The summed E-state index contributed by atoms with van der Waals surface area (Å²) in [4.78, 5) is 4.33. The molecule has 11 heavy (non-hydrogen) atoms. The topological polar surface area (TPSA) is 12.4 Å². The molecule has 0 aromatic carbocycles. The molecule has 1 nitrogen and oxygen atoms in total. The molecule has 0 saturated carbocycles. The van der Waals surface area contributed by atoms with E-state index in [1.165, 1.54) is 0 Å². The summed E-state index contributed by atoms with van der Waals surface area (Å²) in [7, 11) is 0. The number of rotatable bonds is 1. The van der Waals surface area contributed by atoms with Gasteiger partial charge in [-0.1, -0.05) is 18.7 Å². The highest BCUT2D eigenvalue weighted by Gasteiger charge is 2.09. The van der Waals surface area contributed by atoms with Crippen LogP contribution in [-0.2, 0) is 0 Å². The molecule has 0 bridgehead atoms. The molecule has 0 N–H and O–H groups in total. The Balaban J connectivity index is 2.81. The van der Waals surface area contributed by atoms with Crippen molar-refractivity contribution in [1.82, 2.24) is 0 Å². The molecular weight excluding hydrogens is 134 g/mol. The Morgan fingerprint density at radius 3 is 2.73 bits per heavy atom. The first-order valence-corrected chi connectivity index (χ1v) is 3.79. The number of nitrogens with zero attached hydrogens (tertiary/aromatic N) is 1. The first kappa shape index (κ1) is 7.99. The largest absolute Gasteiger partial charge is 0.258 e. The summed E-state index contributed by atoms with van der Waals surface area (Å²) < 4.78 is 0. The molecule has 1 heteroatoms. The molecule has 0 amide bonds. The predicted octanol–water partition coefficient (Wildman–Crippen LogP) is 2.87. The second-order valence-corrected chi connectivity index (χ2v) is 2.71. The van der Waals surface area contributed by atoms with Gasteiger partial charge in [0.25, 0.3) is 0 Å². The third-order valence-electron chi connectivity index (χ3n) is 1.59. The maximum Gasteiger partial charge on any atom is 0.0658 e. The summed E-state index contributed by atoms with van der Waals surface area (Å²) >= 11 is 0. The molecule has 1 rings (SSSR count). The lowest BCUT2D eigenvalue weighted by atomic mass is 10.1. The molecule has 0 aliphatic carbocycles. The molecule has 1 aliphatic heterocycles. The Hall–Kier alpha value is -1.11. The van der Waals surface area contributed by atoms with Crippen LogP contribution in [0.2, 0.25) is 0 Å². The van der Waals surface area contributed by atoms with Gasteiger partial charge in [-0.05, 0) is 25.5 Å². The Morgan fingerprint density at radius 2 is 2.27 bits per heavy atom. The van der Waals surface area contributed by atoms with Crippen LogP contribution in [-0.4, -0.2) is 5.71 Å². The van der Waals surface area contributed by atoms with Gasteiger partial charge in [0, 0.05) is 12.1 Å². The molecule has 1 aliphatic rings. The van der Waals surface area contributed by atoms with Crippen molar-refractivity contribution < 1.29 is 0 Å². The maximum atomic E-state index is 4.33. The summed E-state index contributed by atoms with van der Waals surface area (Å²) in [6, 6.07) is 0. The molecule has 0 radical (unpaired) electrons. The van der Waals surface area contributed by atoms with Crippen LogP contribution >= 0.6 is 0 Å². The molecule has 0 fully saturated rings. The number of allylic oxidation sites excluding steroid dienone is 4. The third kappa shape index (κ3) is 1.90. The zero-order valence-electron chi connectivity index (χ0n) is 7.09. The molecule has 0 aromatic rings. The predicted molar refractivity (Wildman–Crippen MR) is 49.8 cm³/mol. The monoisotopic (exact) mass is 147 g/mol. The maximum absolute atomic E-state index is 4.33. The van der Waals surface area contributed by atoms with E-state index in [-0.39, 0.29) is 0 Å². The zero-order chi connectivity index (χ0) is 8.27. The minimum absolute atomic E-state index is 0.934. The highest BCUT2D eigenvalue weighted by molar-refractivity contribution is 5.89. The lowest BCUT2D eigenvalue weighted by molar-refractivity contribution is 1.34. The van der Waals surface area contributed by atoms with Gasteiger partial charge in [0.2, 0.25) is 0 Å². The fourth-order valence-electron chi connectivity index (χ4n) is 1.07. The second-order valence-electron chi connectivity index (χ2n) is 2.71. The fourth-order valence-corrected chi connectivity index (χ4v) is 1.07. The van der Waals surface area contributed by atoms with Crippen LogP contribution in [0.25, 0.3) is 0 Å². The molecule has 0 aromatic heterocycles. The van der Waals surface area contributed by atoms with Gasteiger partial charge in [-0.2, -0.15) is 0 Å². The summed E-state index contributed by atoms with van der Waals surface area (Å²) in [6.07, 6.45) is 6.91. The van der Waals surface area contributed by atoms with Crippen LogP contribution < -0.4 is 0 Å². The summed E-state index contributed by atoms with van der Waals surface area (Å²) in [6.45, 7) is 7.94. The van der Waals surface area contributed by atoms with E-state index in [1.54, 1.807) is 0 Å². The second kappa shape index (κ2) is 3.33. The minimum atomic E-state index is 0.934. The summed E-state index contributed by atoms with van der Waals surface area (Å²) in [5.74, 6) is 0. The van der Waals surface area contributed by atoms with Crippen LogP contribution in [0.3, 0.4) is 0 Å². The van der Waals surface area contributed by atoms with Gasteiger partial charge in [0.1, 0.15) is 0 Å². The molecule has 1 heterocycles. The van der Waals surface area contributed by atoms with E-state index in [0.29, 0.717) is 0 Å². The quantitative estimate of drug-likeness (QED) is 0.540. The number of aliphatic imine (C=N–C) groups is 1. The van der Waals surface area contributed by atoms with Crippen LogP contribution in [0.4, 0.5) is 0 Å². The first-order valence-electron chi connectivity index (χ1n) is 3.79. The SMILES string of the molecule is C=C1CC(C)=N/C1=C/C=C\C. The van der Waals surface area contributed by atoms with Crippen LogP contribution in [0.15, 0.2) is 41.1 Å². The Kier molecular flexibility index (Phi) is 2.42. The number of hydrogen-bond acceptors (Lipinski definition) is 1. The van der Waals surface area contributed by atoms with Crippen molar-refractivity contribution in [3.8, 4) is 0 Å². The number of hydrogen-bond donors (Lipinski definition) is 0. The molecule has 0 spiro atoms. The van der Waals surface area contributed by atoms with Gasteiger partial charge in [-0.3, -0.25) is 4.99 Å². The van der Waals surface area contributed by atoms with Crippen LogP contribution in [0.5, 0.6) is 0 Å². The van der Waals surface area contributed by atoms with Gasteiger partial charge in [0.05, 0.1) is 5.70 Å². The molecular formula is C10H13N. The van der Waals surface area contributed by atoms with Gasteiger partial charge in [-0.15, -0.1) is 0 Å². The lowest BCUT2D eigenvalue weighted by Gasteiger charge is -1.90. The normalized spacial score (nSPS) is 21.8. The lowest BCUT2D eigenvalue weighted by Crippen LogP contribution is -1.80. The van der Waals surface area contributed by atoms with Gasteiger partial charge < -0.3 is 0 Å². The van der Waals surface area contributed by atoms with Crippen molar-refractivity contribution in [1.29, 1.82) is 0 Å². The van der Waals surface area contributed by atoms with Crippen molar-refractivity contribution in [3.63, 3.8) is 0 Å². The molecule has 0 unspecified atom stereocenters. The van der Waals surface area contributed by atoms with Gasteiger partial charge in [-0.25, -0.2) is 0 Å². The van der Waals surface area contributed by atoms with Gasteiger partial charge in [0.15, 0.2) is 0 Å². The summed E-state index contributed by atoms with van der Waals surface area (Å²) in [5, 5.41) is 0. The van der Waals surface area contributed by atoms with Crippen molar-refractivity contribution >= 4 is 5.71 Å². The average molecular weight is 147 g/mol. The molecule has 0 saturated heterocycles. The van der Waals surface area contributed by atoms with Crippen LogP contribution in [0.1, 0.15) is 20.3 Å². The Labute approximate surface area is 67.8 Å². The van der Waals surface area contributed by atoms with E-state index in [4.69, 9.17) is 0 Å². The van der Waals surface area contributed by atoms with E-state index in [9.17, 15) is 0 Å². The van der Waals surface area contributed by atoms with Crippen LogP contribution in [0, 0.1) is 0 Å². The van der Waals surface area contributed by atoms with Crippen molar-refractivity contribution in [2.75, 3.05) is 0 Å². The highest BCUT2D eigenvalue weighted by atomic mass is 14.8. The standard InChI is InChI=1S/C10H13N/c1-4-5-6-10-8(2)7-9(3)11-10/h4-6H,2,7H2,1,3H3/b5-4-,10-6+. The van der Waals surface area contributed by atoms with E-state index in [2.05, 4.69) is 11.6 Å². The van der Waals surface area contributed by atoms with E-state index in [0.717, 1.165) is 23.4 Å². The van der Waals surface area contributed by atoms with Gasteiger partial charge >= 0.3 is 0 Å². The first-order chi connectivity index (χ1) is 5.24. The van der Waals surface area contributed by atoms with Crippen molar-refractivity contribution in [3.05, 3.63) is 36.1 Å².